The number of carbonyl (C=O) groups excluding carboxylic acids is 10. The average molecular weight is 1440 g/mol. The average Bonchev–Trinajstić information content (AvgIpc) is 0.744. The number of fused-ring (bicyclic) bond motifs is 36. The Balaban J connectivity index is 1.47. The van der Waals surface area contributed by atoms with Gasteiger partial charge in [0.15, 0.2) is 23.1 Å². The number of benzene rings is 2. The minimum atomic E-state index is -1.16. The van der Waals surface area contributed by atoms with Gasteiger partial charge in [0.05, 0.1) is 58.2 Å². The molecule has 0 fully saturated rings. The Hall–Kier alpha value is -9.39. The van der Waals surface area contributed by atoms with Crippen molar-refractivity contribution in [2.75, 3.05) is 12.3 Å². The number of aryl methyl sites for hydroxylation is 2. The fourth-order valence-corrected chi connectivity index (χ4v) is 12.9. The van der Waals surface area contributed by atoms with Crippen LogP contribution in [0.5, 0.6) is 11.5 Å². The van der Waals surface area contributed by atoms with Crippen LogP contribution < -0.4 is 16.0 Å². The number of ketones is 8. The number of aliphatic hydroxyl groups is 6. The number of hydrogen-bond acceptors (Lipinski definition) is 20. The van der Waals surface area contributed by atoms with E-state index in [1.54, 1.807) is 116 Å². The van der Waals surface area contributed by atoms with Gasteiger partial charge in [0.2, 0.25) is 23.1 Å². The molecule has 0 saturated carbocycles. The van der Waals surface area contributed by atoms with Crippen molar-refractivity contribution in [1.82, 2.24) is 16.0 Å². The minimum Gasteiger partial charge on any atom is -0.507 e. The molecular weight excluding hydrogens is 1350 g/mol. The Labute approximate surface area is 611 Å². The predicted molar refractivity (Wildman–Crippen MR) is 399 cm³/mol. The van der Waals surface area contributed by atoms with Gasteiger partial charge in [-0.3, -0.25) is 47.9 Å². The van der Waals surface area contributed by atoms with E-state index in [2.05, 4.69) is 16.0 Å². The van der Waals surface area contributed by atoms with Crippen molar-refractivity contribution in [3.8, 4) is 11.5 Å². The number of phenolic OH excluding ortho intramolecular Hbond substituents is 2. The van der Waals surface area contributed by atoms with E-state index in [9.17, 15) is 69.6 Å². The Morgan fingerprint density at radius 2 is 0.817 bits per heavy atom. The Bertz CT molecular complexity index is 3980. The molecule has 554 valence electrons. The summed E-state index contributed by atoms with van der Waals surface area (Å²) in [6, 6.07) is 2.40. The summed E-state index contributed by atoms with van der Waals surface area (Å²) in [5.41, 5.74) is -3.98. The van der Waals surface area contributed by atoms with Crippen LogP contribution >= 0.6 is 11.8 Å². The highest BCUT2D eigenvalue weighted by molar-refractivity contribution is 8.04. The van der Waals surface area contributed by atoms with Crippen molar-refractivity contribution >= 4 is 69.8 Å². The molecule has 0 saturated heterocycles. The third kappa shape index (κ3) is 20.7. The van der Waals surface area contributed by atoms with Crippen LogP contribution in [-0.4, -0.2) is 148 Å². The second kappa shape index (κ2) is 37.4. The molecule has 12 atom stereocenters. The van der Waals surface area contributed by atoms with E-state index in [1.165, 1.54) is 102 Å². The Kier molecular flexibility index (Phi) is 30.0. The SMILES string of the molecule is CC1=CC[C@H](O)C=C[C@H](C)[C@H](O)[C@@H](C)C=C(C)C(=O)c2c(O)c(C)cc3c2C(=O)C(NCCSC2=C4NC(=O)C(C)=CC=CC=C[C@H](C)[C@@H](O)CC(=O)C(C)=CC[C@H](O)C=C[C@H](C)[C@H](O)[C@@H](C)C=C(C)C(=O)c5c(O)c(C)cc(c5C2=O)C4=O)=C(NC(=O)C(C)=CC=CC=C[C@H](C)[C@@H](O)CC1=O)C3=O. The van der Waals surface area contributed by atoms with Crippen molar-refractivity contribution < 1.29 is 88.8 Å². The van der Waals surface area contributed by atoms with Gasteiger partial charge in [-0.15, -0.1) is 11.8 Å². The van der Waals surface area contributed by atoms with Gasteiger partial charge in [-0.1, -0.05) is 151 Å². The lowest BCUT2D eigenvalue weighted by atomic mass is 9.82. The molecule has 8 bridgehead atoms. The van der Waals surface area contributed by atoms with Crippen LogP contribution in [0, 0.1) is 49.4 Å². The van der Waals surface area contributed by atoms with Crippen molar-refractivity contribution in [2.24, 2.45) is 35.5 Å². The highest BCUT2D eigenvalue weighted by Gasteiger charge is 2.42. The number of phenols is 2. The molecule has 2 aromatic carbocycles. The lowest BCUT2D eigenvalue weighted by molar-refractivity contribution is -0.118. The van der Waals surface area contributed by atoms with Crippen molar-refractivity contribution in [3.05, 3.63) is 221 Å². The molecule has 0 spiro atoms. The summed E-state index contributed by atoms with van der Waals surface area (Å²) in [6.07, 6.45) is 20.5. The molecule has 11 N–H and O–H groups in total. The van der Waals surface area contributed by atoms with Gasteiger partial charge in [-0.2, -0.15) is 0 Å². The predicted octanol–water partition coefficient (Wildman–Crippen LogP) is 10.2. The van der Waals surface area contributed by atoms with Gasteiger partial charge in [0.25, 0.3) is 11.8 Å². The number of amides is 2. The molecule has 0 unspecified atom stereocenters. The van der Waals surface area contributed by atoms with Gasteiger partial charge in [-0.05, 0) is 114 Å². The zero-order valence-corrected chi connectivity index (χ0v) is 62.1. The zero-order valence-electron chi connectivity index (χ0n) is 61.3. The van der Waals surface area contributed by atoms with Crippen LogP contribution in [0.3, 0.4) is 0 Å². The van der Waals surface area contributed by atoms with Gasteiger partial charge in [-0.25, -0.2) is 0 Å². The number of allylic oxidation sites excluding steroid dienone is 16. The third-order valence-electron chi connectivity index (χ3n) is 18.9. The molecule has 21 nitrogen and oxygen atoms in total. The Morgan fingerprint density at radius 3 is 1.24 bits per heavy atom. The molecule has 104 heavy (non-hydrogen) atoms. The standard InChI is InChI=1S/C82H97N3O18S/c1-41-21-17-15-19-23-47(7)81(102)84-68-67(78(100)63-57(76(68)98)37-53(13)74(96)65(63)72(94)51(11)35-49(9)70(92)45(5)27-31-55(86)29-25-43(3)61(90)39-59(41)88)83-33-34-104-80-69-77(99)58-38-54(14)75(97)66(64(58)79(80)101)73(95)52(12)36-50(10)71(93)46(6)28-32-56(87)30-26-44(4)62(91)40-60(89)42(2)22-18-16-20-24-48(8)82(103)85-69/h15-28,31-32,35-38,41-42,45-46,49-50,55-56,59-60,70-71,83,86-89,92-93,96-97H,29-30,33-34,39-40H2,1-14H3,(H,84,102)(H,85,103)/t41-,42-,45-,46-,49-,50-,55-,56-,59-,60-,70-,71-/m0/s1. The van der Waals surface area contributed by atoms with E-state index in [4.69, 9.17) is 0 Å². The molecule has 2 amide bonds. The van der Waals surface area contributed by atoms with Crippen molar-refractivity contribution in [3.63, 3.8) is 0 Å². The van der Waals surface area contributed by atoms with Crippen molar-refractivity contribution in [2.45, 2.75) is 159 Å². The number of rotatable bonds is 5. The second-order valence-corrected chi connectivity index (χ2v) is 28.5. The van der Waals surface area contributed by atoms with E-state index in [0.717, 1.165) is 0 Å². The number of aromatic hydroxyl groups is 2. The first-order valence-electron chi connectivity index (χ1n) is 34.6. The van der Waals surface area contributed by atoms with Crippen LogP contribution in [-0.2, 0) is 19.2 Å². The first-order chi connectivity index (χ1) is 48.9. The first kappa shape index (κ1) is 83.6. The summed E-state index contributed by atoms with van der Waals surface area (Å²) < 4.78 is 0. The van der Waals surface area contributed by atoms with Crippen LogP contribution in [0.2, 0.25) is 0 Å². The molecule has 6 aliphatic rings. The summed E-state index contributed by atoms with van der Waals surface area (Å²) in [4.78, 5) is 145. The van der Waals surface area contributed by atoms with Crippen molar-refractivity contribution in [1.29, 1.82) is 0 Å². The monoisotopic (exact) mass is 1440 g/mol. The van der Waals surface area contributed by atoms with Crippen LogP contribution in [0.25, 0.3) is 0 Å². The fourth-order valence-electron chi connectivity index (χ4n) is 11.9. The van der Waals surface area contributed by atoms with Crippen LogP contribution in [0.1, 0.15) is 182 Å². The van der Waals surface area contributed by atoms with Crippen LogP contribution in [0.15, 0.2) is 177 Å². The minimum absolute atomic E-state index is 0.00461. The highest BCUT2D eigenvalue weighted by Crippen LogP contribution is 2.41. The largest absolute Gasteiger partial charge is 0.507 e. The molecule has 2 aromatic rings. The zero-order chi connectivity index (χ0) is 77.5. The Morgan fingerprint density at radius 1 is 0.423 bits per heavy atom. The van der Waals surface area contributed by atoms with E-state index in [-0.39, 0.29) is 87.5 Å². The number of nitrogens with one attached hydrogen (secondary N) is 3. The summed E-state index contributed by atoms with van der Waals surface area (Å²) in [6.45, 7) is 21.2. The fraction of sp³-hybridized carbons (Fsp3) is 0.390. The summed E-state index contributed by atoms with van der Waals surface area (Å²) in [5, 5.41) is 98.2. The summed E-state index contributed by atoms with van der Waals surface area (Å²) in [5.74, 6) is -13.6. The molecule has 2 aliphatic carbocycles. The lowest BCUT2D eigenvalue weighted by Crippen LogP contribution is -2.40. The summed E-state index contributed by atoms with van der Waals surface area (Å²) in [7, 11) is 0. The molecule has 0 radical (unpaired) electrons. The highest BCUT2D eigenvalue weighted by atomic mass is 32.2. The van der Waals surface area contributed by atoms with Crippen LogP contribution in [0.4, 0.5) is 0 Å². The molecular formula is C82H97N3O18S. The number of thioether (sulfide) groups is 1. The quantitative estimate of drug-likeness (QED) is 0.0979. The normalized spacial score (nSPS) is 26.5. The third-order valence-corrected chi connectivity index (χ3v) is 20.0. The number of carbonyl (C=O) groups is 10. The second-order valence-electron chi connectivity index (χ2n) is 27.4. The molecule has 0 aromatic heterocycles. The maximum atomic E-state index is 15.4. The van der Waals surface area contributed by atoms with Gasteiger partial charge >= 0.3 is 0 Å². The van der Waals surface area contributed by atoms with E-state index < -0.39 is 181 Å². The van der Waals surface area contributed by atoms with Gasteiger partial charge in [0.1, 0.15) is 28.6 Å². The topological polar surface area (TPSA) is 369 Å². The van der Waals surface area contributed by atoms with E-state index >= 15 is 19.2 Å². The number of Topliss-reactive ketones (excluding diaryl/α,β-unsaturated/α-hetero) is 8. The van der Waals surface area contributed by atoms with Gasteiger partial charge < -0.3 is 56.8 Å². The number of aliphatic hydroxyl groups excluding tert-OH is 6. The molecule has 22 heteroatoms. The lowest BCUT2D eigenvalue weighted by Gasteiger charge is -2.26. The maximum Gasteiger partial charge on any atom is 0.251 e. The first-order valence-corrected chi connectivity index (χ1v) is 35.6. The maximum absolute atomic E-state index is 15.4. The molecule has 4 heterocycles. The van der Waals surface area contributed by atoms with Gasteiger partial charge in [0, 0.05) is 88.5 Å². The molecule has 8 rings (SSSR count). The van der Waals surface area contributed by atoms with E-state index in [0.29, 0.717) is 22.9 Å². The van der Waals surface area contributed by atoms with E-state index in [1.807, 2.05) is 0 Å². The number of hydrogen-bond donors (Lipinski definition) is 11. The molecule has 4 aliphatic heterocycles. The smallest absolute Gasteiger partial charge is 0.251 e. The summed E-state index contributed by atoms with van der Waals surface area (Å²) >= 11 is 0.667.